The lowest BCUT2D eigenvalue weighted by Crippen LogP contribution is -1.95. The molecular formula is C16H17N3. The molecule has 0 amide bonds. The van der Waals surface area contributed by atoms with Gasteiger partial charge in [-0.1, -0.05) is 24.3 Å². The molecule has 0 unspecified atom stereocenters. The van der Waals surface area contributed by atoms with E-state index in [1.165, 1.54) is 5.56 Å². The molecule has 0 bridgehead atoms. The molecule has 0 saturated carbocycles. The first-order valence-corrected chi connectivity index (χ1v) is 6.18. The summed E-state index contributed by atoms with van der Waals surface area (Å²) in [6.45, 7) is 0.592. The lowest BCUT2D eigenvalue weighted by molar-refractivity contribution is 1.07. The van der Waals surface area contributed by atoms with Crippen LogP contribution in [0.5, 0.6) is 0 Å². The van der Waals surface area contributed by atoms with Crippen LogP contribution in [-0.2, 0) is 6.54 Å². The number of aromatic amines is 1. The molecule has 19 heavy (non-hydrogen) atoms. The third kappa shape index (κ3) is 4.08. The van der Waals surface area contributed by atoms with E-state index in [2.05, 4.69) is 28.2 Å². The third-order valence-electron chi connectivity index (χ3n) is 2.64. The van der Waals surface area contributed by atoms with Crippen LogP contribution in [0.3, 0.4) is 0 Å². The predicted molar refractivity (Wildman–Crippen MR) is 78.4 cm³/mol. The quantitative estimate of drug-likeness (QED) is 0.734. The van der Waals surface area contributed by atoms with Crippen LogP contribution in [0.2, 0.25) is 0 Å². The second kappa shape index (κ2) is 7.13. The van der Waals surface area contributed by atoms with Crippen molar-refractivity contribution < 1.29 is 0 Å². The molecule has 3 aromatic rings. The number of pyridine rings is 1. The average Bonchev–Trinajstić information content (AvgIpc) is 3.04. The van der Waals surface area contributed by atoms with Gasteiger partial charge in [0.05, 0.1) is 0 Å². The number of rotatable bonds is 2. The Labute approximate surface area is 113 Å². The zero-order valence-electron chi connectivity index (χ0n) is 10.7. The van der Waals surface area contributed by atoms with E-state index in [-0.39, 0.29) is 0 Å². The van der Waals surface area contributed by atoms with Gasteiger partial charge in [-0.3, -0.25) is 4.98 Å². The summed E-state index contributed by atoms with van der Waals surface area (Å²) in [4.78, 5) is 6.95. The molecule has 3 nitrogen and oxygen atoms in total. The Balaban J connectivity index is 0.000000186. The monoisotopic (exact) mass is 251 g/mol. The Bertz CT molecular complexity index is 547. The fourth-order valence-electron chi connectivity index (χ4n) is 1.69. The van der Waals surface area contributed by atoms with Gasteiger partial charge in [-0.2, -0.15) is 0 Å². The molecule has 3 rings (SSSR count). The molecule has 0 spiro atoms. The van der Waals surface area contributed by atoms with Gasteiger partial charge in [-0.05, 0) is 41.5 Å². The summed E-state index contributed by atoms with van der Waals surface area (Å²) in [5.74, 6) is 0. The number of nitrogens with zero attached hydrogens (tertiary/aromatic N) is 1. The van der Waals surface area contributed by atoms with Gasteiger partial charge in [0.2, 0.25) is 0 Å². The standard InChI is InChI=1S/C11H12N2.C5H5N/c12-8-9-3-1-4-10(7-9)11-5-2-6-13-11;1-2-4-6-5-3-1/h1-7,13H,8,12H2;1-5H. The van der Waals surface area contributed by atoms with Gasteiger partial charge in [-0.15, -0.1) is 0 Å². The van der Waals surface area contributed by atoms with Gasteiger partial charge < -0.3 is 10.7 Å². The third-order valence-corrected chi connectivity index (χ3v) is 2.64. The minimum absolute atomic E-state index is 0.592. The second-order valence-corrected chi connectivity index (χ2v) is 4.01. The zero-order chi connectivity index (χ0) is 13.3. The van der Waals surface area contributed by atoms with Crippen LogP contribution in [-0.4, -0.2) is 9.97 Å². The van der Waals surface area contributed by atoms with E-state index < -0.39 is 0 Å². The largest absolute Gasteiger partial charge is 0.361 e. The first-order chi connectivity index (χ1) is 9.40. The Morgan fingerprint density at radius 3 is 2.32 bits per heavy atom. The van der Waals surface area contributed by atoms with Crippen molar-refractivity contribution in [2.24, 2.45) is 5.73 Å². The van der Waals surface area contributed by atoms with Gasteiger partial charge in [0, 0.05) is 30.8 Å². The van der Waals surface area contributed by atoms with Crippen LogP contribution < -0.4 is 5.73 Å². The van der Waals surface area contributed by atoms with Gasteiger partial charge >= 0.3 is 0 Å². The maximum atomic E-state index is 5.56. The summed E-state index contributed by atoms with van der Waals surface area (Å²) in [6, 6.07) is 18.0. The lowest BCUT2D eigenvalue weighted by atomic mass is 10.1. The first kappa shape index (κ1) is 13.1. The van der Waals surface area contributed by atoms with Gasteiger partial charge in [0.1, 0.15) is 0 Å². The van der Waals surface area contributed by atoms with E-state index >= 15 is 0 Å². The van der Waals surface area contributed by atoms with E-state index in [1.54, 1.807) is 12.4 Å². The molecule has 0 aliphatic heterocycles. The van der Waals surface area contributed by atoms with E-state index in [0.29, 0.717) is 6.54 Å². The Morgan fingerprint density at radius 1 is 0.947 bits per heavy atom. The summed E-state index contributed by atoms with van der Waals surface area (Å²) in [5, 5.41) is 0. The molecule has 0 fully saturated rings. The zero-order valence-corrected chi connectivity index (χ0v) is 10.7. The van der Waals surface area contributed by atoms with E-state index in [9.17, 15) is 0 Å². The summed E-state index contributed by atoms with van der Waals surface area (Å²) in [5.41, 5.74) is 9.04. The van der Waals surface area contributed by atoms with Crippen molar-refractivity contribution in [2.75, 3.05) is 0 Å². The number of aromatic nitrogens is 2. The molecule has 3 heteroatoms. The highest BCUT2D eigenvalue weighted by Gasteiger charge is 1.97. The van der Waals surface area contributed by atoms with Crippen LogP contribution in [0.25, 0.3) is 11.3 Å². The molecule has 3 N–H and O–H groups in total. The topological polar surface area (TPSA) is 54.7 Å². The molecule has 0 atom stereocenters. The van der Waals surface area contributed by atoms with Crippen LogP contribution in [0.1, 0.15) is 5.56 Å². The number of nitrogens with one attached hydrogen (secondary N) is 1. The van der Waals surface area contributed by atoms with Crippen LogP contribution in [0.4, 0.5) is 0 Å². The number of benzene rings is 1. The highest BCUT2D eigenvalue weighted by molar-refractivity contribution is 5.60. The molecule has 1 aromatic carbocycles. The predicted octanol–water partition coefficient (Wildman–Crippen LogP) is 3.22. The van der Waals surface area contributed by atoms with Crippen molar-refractivity contribution in [1.29, 1.82) is 0 Å². The summed E-state index contributed by atoms with van der Waals surface area (Å²) in [7, 11) is 0. The van der Waals surface area contributed by atoms with Crippen molar-refractivity contribution in [3.63, 3.8) is 0 Å². The van der Waals surface area contributed by atoms with Crippen LogP contribution >= 0.6 is 0 Å². The van der Waals surface area contributed by atoms with Crippen LogP contribution in [0.15, 0.2) is 73.2 Å². The van der Waals surface area contributed by atoms with Crippen molar-refractivity contribution in [3.8, 4) is 11.3 Å². The molecule has 2 aromatic heterocycles. The van der Waals surface area contributed by atoms with E-state index in [0.717, 1.165) is 11.3 Å². The van der Waals surface area contributed by atoms with Crippen LogP contribution in [0, 0.1) is 0 Å². The summed E-state index contributed by atoms with van der Waals surface area (Å²) >= 11 is 0. The Kier molecular flexibility index (Phi) is 4.90. The molecular weight excluding hydrogens is 234 g/mol. The summed E-state index contributed by atoms with van der Waals surface area (Å²) in [6.07, 6.45) is 5.42. The molecule has 0 saturated heterocycles. The molecule has 2 heterocycles. The number of hydrogen-bond donors (Lipinski definition) is 2. The lowest BCUT2D eigenvalue weighted by Gasteiger charge is -2.00. The minimum atomic E-state index is 0.592. The summed E-state index contributed by atoms with van der Waals surface area (Å²) < 4.78 is 0. The highest BCUT2D eigenvalue weighted by atomic mass is 14.7. The SMILES string of the molecule is NCc1cccc(-c2ccc[nH]2)c1.c1ccncc1. The van der Waals surface area contributed by atoms with Crippen molar-refractivity contribution in [3.05, 3.63) is 78.8 Å². The fourth-order valence-corrected chi connectivity index (χ4v) is 1.69. The van der Waals surface area contributed by atoms with E-state index in [4.69, 9.17) is 5.73 Å². The van der Waals surface area contributed by atoms with Crippen molar-refractivity contribution in [1.82, 2.24) is 9.97 Å². The second-order valence-electron chi connectivity index (χ2n) is 4.01. The molecule has 0 radical (unpaired) electrons. The van der Waals surface area contributed by atoms with Gasteiger partial charge in [0.25, 0.3) is 0 Å². The fraction of sp³-hybridized carbons (Fsp3) is 0.0625. The van der Waals surface area contributed by atoms with E-state index in [1.807, 2.05) is 42.6 Å². The highest BCUT2D eigenvalue weighted by Crippen LogP contribution is 2.17. The maximum absolute atomic E-state index is 5.56. The van der Waals surface area contributed by atoms with Gasteiger partial charge in [0.15, 0.2) is 0 Å². The van der Waals surface area contributed by atoms with Gasteiger partial charge in [-0.25, -0.2) is 0 Å². The Hall–Kier alpha value is -2.39. The van der Waals surface area contributed by atoms with Crippen molar-refractivity contribution >= 4 is 0 Å². The minimum Gasteiger partial charge on any atom is -0.361 e. The Morgan fingerprint density at radius 2 is 1.79 bits per heavy atom. The normalized spacial score (nSPS) is 9.53. The molecule has 0 aliphatic rings. The smallest absolute Gasteiger partial charge is 0.0453 e. The molecule has 96 valence electrons. The average molecular weight is 251 g/mol. The van der Waals surface area contributed by atoms with Crippen molar-refractivity contribution in [2.45, 2.75) is 6.54 Å². The number of nitrogens with two attached hydrogens (primary N) is 1. The molecule has 0 aliphatic carbocycles. The number of hydrogen-bond acceptors (Lipinski definition) is 2. The number of H-pyrrole nitrogens is 1. The maximum Gasteiger partial charge on any atom is 0.0453 e. The first-order valence-electron chi connectivity index (χ1n) is 6.18.